The van der Waals surface area contributed by atoms with Crippen molar-refractivity contribution in [2.24, 2.45) is 0 Å². The van der Waals surface area contributed by atoms with E-state index in [4.69, 9.17) is 0 Å². The highest BCUT2D eigenvalue weighted by Gasteiger charge is 2.32. The van der Waals surface area contributed by atoms with Gasteiger partial charge in [0.2, 0.25) is 0 Å². The summed E-state index contributed by atoms with van der Waals surface area (Å²) in [7, 11) is 0. The van der Waals surface area contributed by atoms with Crippen molar-refractivity contribution in [1.29, 1.82) is 0 Å². The third-order valence-corrected chi connectivity index (χ3v) is 4.75. The normalized spacial score (nSPS) is 16.9. The molecular formula is C20H15N3O2. The number of carbonyl (C=O) groups is 1. The number of hydroxylamine groups is 2. The fraction of sp³-hybridized carbons (Fsp3) is 0.0500. The SMILES string of the molecule is O=C1c2ccccc2NC(c2ccc3[nH]c4ccccc4c3c2)N1O. The number of aromatic nitrogens is 1. The van der Waals surface area contributed by atoms with Gasteiger partial charge in [0, 0.05) is 27.5 Å². The van der Waals surface area contributed by atoms with Gasteiger partial charge in [-0.25, -0.2) is 0 Å². The zero-order chi connectivity index (χ0) is 17.0. The summed E-state index contributed by atoms with van der Waals surface area (Å²) in [6.07, 6.45) is -0.625. The molecule has 0 saturated heterocycles. The molecule has 1 amide bonds. The molecule has 1 unspecified atom stereocenters. The van der Waals surface area contributed by atoms with Crippen LogP contribution in [0.3, 0.4) is 0 Å². The Balaban J connectivity index is 1.65. The van der Waals surface area contributed by atoms with E-state index < -0.39 is 12.1 Å². The van der Waals surface area contributed by atoms with E-state index in [1.165, 1.54) is 0 Å². The molecule has 5 rings (SSSR count). The van der Waals surface area contributed by atoms with Crippen LogP contribution in [0.4, 0.5) is 5.69 Å². The van der Waals surface area contributed by atoms with Crippen molar-refractivity contribution in [2.45, 2.75) is 6.17 Å². The number of nitrogens with zero attached hydrogens (tertiary/aromatic N) is 1. The maximum absolute atomic E-state index is 12.5. The van der Waals surface area contributed by atoms with E-state index >= 15 is 0 Å². The Bertz CT molecular complexity index is 1130. The number of amides is 1. The minimum atomic E-state index is -0.625. The molecule has 5 heteroatoms. The van der Waals surface area contributed by atoms with Gasteiger partial charge in [0.05, 0.1) is 5.56 Å². The number of hydrogen-bond donors (Lipinski definition) is 3. The molecule has 0 saturated carbocycles. The first kappa shape index (κ1) is 14.1. The molecule has 0 fully saturated rings. The molecule has 0 radical (unpaired) electrons. The number of carbonyl (C=O) groups excluding carboxylic acids is 1. The third-order valence-electron chi connectivity index (χ3n) is 4.75. The van der Waals surface area contributed by atoms with Crippen LogP contribution in [-0.2, 0) is 0 Å². The minimum absolute atomic E-state index is 0.404. The number of fused-ring (bicyclic) bond motifs is 4. The van der Waals surface area contributed by atoms with Gasteiger partial charge >= 0.3 is 0 Å². The lowest BCUT2D eigenvalue weighted by Crippen LogP contribution is -2.40. The standard InChI is InChI=1S/C20H15N3O2/c24-20-14-6-2-4-8-17(14)22-19(23(20)25)12-9-10-18-15(11-12)13-5-1-3-7-16(13)21-18/h1-11,19,21-22,25H. The van der Waals surface area contributed by atoms with Gasteiger partial charge in [0.1, 0.15) is 0 Å². The second-order valence-corrected chi connectivity index (χ2v) is 6.22. The fourth-order valence-electron chi connectivity index (χ4n) is 3.50. The highest BCUT2D eigenvalue weighted by atomic mass is 16.5. The second kappa shape index (κ2) is 5.09. The van der Waals surface area contributed by atoms with Crippen molar-refractivity contribution < 1.29 is 10.0 Å². The number of para-hydroxylation sites is 2. The number of benzene rings is 3. The Kier molecular flexibility index (Phi) is 2.87. The molecular weight excluding hydrogens is 314 g/mol. The zero-order valence-electron chi connectivity index (χ0n) is 13.2. The predicted molar refractivity (Wildman–Crippen MR) is 96.6 cm³/mol. The molecule has 1 aromatic heterocycles. The molecule has 1 atom stereocenters. The number of nitrogens with one attached hydrogen (secondary N) is 2. The first-order valence-electron chi connectivity index (χ1n) is 8.11. The smallest absolute Gasteiger partial charge is 0.281 e. The quantitative estimate of drug-likeness (QED) is 0.457. The maximum atomic E-state index is 12.5. The lowest BCUT2D eigenvalue weighted by molar-refractivity contribution is -0.0851. The summed E-state index contributed by atoms with van der Waals surface area (Å²) in [4.78, 5) is 15.8. The molecule has 0 bridgehead atoms. The molecule has 122 valence electrons. The second-order valence-electron chi connectivity index (χ2n) is 6.22. The van der Waals surface area contributed by atoms with Gasteiger partial charge in [-0.3, -0.25) is 10.0 Å². The number of hydrogen-bond acceptors (Lipinski definition) is 3. The molecule has 5 nitrogen and oxygen atoms in total. The van der Waals surface area contributed by atoms with Crippen LogP contribution in [0.2, 0.25) is 0 Å². The first-order valence-corrected chi connectivity index (χ1v) is 8.11. The van der Waals surface area contributed by atoms with Crippen LogP contribution in [0, 0.1) is 0 Å². The lowest BCUT2D eigenvalue weighted by Gasteiger charge is -2.33. The Hall–Kier alpha value is -3.31. The monoisotopic (exact) mass is 329 g/mol. The van der Waals surface area contributed by atoms with E-state index in [1.54, 1.807) is 12.1 Å². The van der Waals surface area contributed by atoms with Crippen LogP contribution in [0.5, 0.6) is 0 Å². The van der Waals surface area contributed by atoms with Crippen molar-refractivity contribution in [1.82, 2.24) is 10.0 Å². The van der Waals surface area contributed by atoms with Gasteiger partial charge in [-0.1, -0.05) is 36.4 Å². The van der Waals surface area contributed by atoms with E-state index in [0.29, 0.717) is 5.56 Å². The Morgan fingerprint density at radius 2 is 1.64 bits per heavy atom. The van der Waals surface area contributed by atoms with Crippen molar-refractivity contribution >= 4 is 33.4 Å². The molecule has 3 aromatic carbocycles. The highest BCUT2D eigenvalue weighted by molar-refractivity contribution is 6.07. The number of rotatable bonds is 1. The lowest BCUT2D eigenvalue weighted by atomic mass is 10.0. The fourth-order valence-corrected chi connectivity index (χ4v) is 3.50. The van der Waals surface area contributed by atoms with Gasteiger partial charge in [-0.15, -0.1) is 0 Å². The van der Waals surface area contributed by atoms with Gasteiger partial charge in [0.25, 0.3) is 5.91 Å². The molecule has 1 aliphatic heterocycles. The van der Waals surface area contributed by atoms with Crippen molar-refractivity contribution in [3.63, 3.8) is 0 Å². The molecule has 0 spiro atoms. The minimum Gasteiger partial charge on any atom is -0.359 e. The molecule has 4 aromatic rings. The van der Waals surface area contributed by atoms with E-state index in [-0.39, 0.29) is 0 Å². The summed E-state index contributed by atoms with van der Waals surface area (Å²) in [6.45, 7) is 0. The Labute approximate surface area is 143 Å². The first-order chi connectivity index (χ1) is 12.2. The van der Waals surface area contributed by atoms with E-state index in [1.807, 2.05) is 48.5 Å². The topological polar surface area (TPSA) is 68.4 Å². The summed E-state index contributed by atoms with van der Waals surface area (Å²) in [5.74, 6) is -0.404. The van der Waals surface area contributed by atoms with Gasteiger partial charge in [0.15, 0.2) is 6.17 Å². The third kappa shape index (κ3) is 2.03. The van der Waals surface area contributed by atoms with Crippen LogP contribution in [-0.4, -0.2) is 21.2 Å². The van der Waals surface area contributed by atoms with Crippen molar-refractivity contribution in [2.75, 3.05) is 5.32 Å². The van der Waals surface area contributed by atoms with E-state index in [0.717, 1.165) is 38.1 Å². The summed E-state index contributed by atoms with van der Waals surface area (Å²) >= 11 is 0. The van der Waals surface area contributed by atoms with Gasteiger partial charge in [-0.2, -0.15) is 5.06 Å². The van der Waals surface area contributed by atoms with Crippen molar-refractivity contribution in [3.8, 4) is 0 Å². The Morgan fingerprint density at radius 3 is 2.56 bits per heavy atom. The zero-order valence-corrected chi connectivity index (χ0v) is 13.2. The van der Waals surface area contributed by atoms with Gasteiger partial charge < -0.3 is 10.3 Å². The van der Waals surface area contributed by atoms with Crippen LogP contribution in [0.1, 0.15) is 22.1 Å². The molecule has 1 aliphatic rings. The Morgan fingerprint density at radius 1 is 0.880 bits per heavy atom. The summed E-state index contributed by atoms with van der Waals surface area (Å²) in [5, 5.41) is 16.6. The predicted octanol–water partition coefficient (Wildman–Crippen LogP) is 4.28. The molecule has 3 N–H and O–H groups in total. The van der Waals surface area contributed by atoms with Crippen LogP contribution in [0.25, 0.3) is 21.8 Å². The number of aromatic amines is 1. The number of H-pyrrole nitrogens is 1. The van der Waals surface area contributed by atoms with Crippen LogP contribution >= 0.6 is 0 Å². The van der Waals surface area contributed by atoms with Crippen molar-refractivity contribution in [3.05, 3.63) is 77.9 Å². The van der Waals surface area contributed by atoms with Gasteiger partial charge in [-0.05, 0) is 35.9 Å². The van der Waals surface area contributed by atoms with Crippen LogP contribution < -0.4 is 5.32 Å². The average Bonchev–Trinajstić information content (AvgIpc) is 3.02. The highest BCUT2D eigenvalue weighted by Crippen LogP contribution is 2.34. The van der Waals surface area contributed by atoms with E-state index in [2.05, 4.69) is 16.4 Å². The summed E-state index contributed by atoms with van der Waals surface area (Å²) in [6, 6.07) is 21.2. The van der Waals surface area contributed by atoms with Crippen LogP contribution in [0.15, 0.2) is 66.7 Å². The largest absolute Gasteiger partial charge is 0.359 e. The molecule has 2 heterocycles. The molecule has 0 aliphatic carbocycles. The average molecular weight is 329 g/mol. The molecule has 25 heavy (non-hydrogen) atoms. The summed E-state index contributed by atoms with van der Waals surface area (Å²) in [5.41, 5.74) is 4.10. The maximum Gasteiger partial charge on any atom is 0.281 e. The van der Waals surface area contributed by atoms with E-state index in [9.17, 15) is 10.0 Å². The number of anilines is 1. The summed E-state index contributed by atoms with van der Waals surface area (Å²) < 4.78 is 0.